The Morgan fingerprint density at radius 2 is 1.74 bits per heavy atom. The molecule has 1 N–H and O–H groups in total. The fraction of sp³-hybridized carbons (Fsp3) is 0.387. The smallest absolute Gasteiger partial charge is 0.255 e. The molecule has 0 spiro atoms. The average Bonchev–Trinajstić information content (AvgIpc) is 2.88. The monoisotopic (exact) mass is 472 g/mol. The summed E-state index contributed by atoms with van der Waals surface area (Å²) in [6, 6.07) is 14.2. The highest BCUT2D eigenvalue weighted by molar-refractivity contribution is 6.05. The zero-order chi connectivity index (χ0) is 23.5. The summed E-state index contributed by atoms with van der Waals surface area (Å²) in [4.78, 5) is 15.4. The van der Waals surface area contributed by atoms with Crippen LogP contribution in [0.4, 0.5) is 10.1 Å². The topological polar surface area (TPSA) is 32.3 Å². The molecule has 2 aliphatic carbocycles. The van der Waals surface area contributed by atoms with Gasteiger partial charge in [0, 0.05) is 41.0 Å². The van der Waals surface area contributed by atoms with Crippen molar-refractivity contribution in [3.05, 3.63) is 96.0 Å². The molecule has 1 heterocycles. The Bertz CT molecular complexity index is 1120. The quantitative estimate of drug-likeness (QED) is 0.481. The Morgan fingerprint density at radius 1 is 1.00 bits per heavy atom. The van der Waals surface area contributed by atoms with Crippen molar-refractivity contribution >= 4 is 17.2 Å². The van der Waals surface area contributed by atoms with Crippen molar-refractivity contribution < 1.29 is 9.18 Å². The van der Waals surface area contributed by atoms with E-state index in [1.807, 2.05) is 18.2 Å². The molecule has 2 aromatic carbocycles. The normalized spacial score (nSPS) is 23.5. The first kappa shape index (κ1) is 25.0. The first-order chi connectivity index (χ1) is 16.6. The molecule has 3 atom stereocenters. The zero-order valence-electron chi connectivity index (χ0n) is 19.7. The molecule has 3 aliphatic rings. The Balaban J connectivity index is 0.00000289. The SMILES string of the molecule is C.C=C(C1C=CC=C(c2ccccc2NC(=O)c2ccc(F)cc2)C1)N1CCCC2CCCCC21. The number of para-hydroxylation sites is 1. The lowest BCUT2D eigenvalue weighted by molar-refractivity contribution is 0.0834. The maximum Gasteiger partial charge on any atom is 0.255 e. The van der Waals surface area contributed by atoms with Gasteiger partial charge in [0.25, 0.3) is 5.91 Å². The van der Waals surface area contributed by atoms with Gasteiger partial charge in [-0.05, 0) is 73.9 Å². The molecule has 5 rings (SSSR count). The van der Waals surface area contributed by atoms with E-state index in [1.165, 1.54) is 74.1 Å². The summed E-state index contributed by atoms with van der Waals surface area (Å²) in [6.45, 7) is 5.70. The summed E-state index contributed by atoms with van der Waals surface area (Å²) in [7, 11) is 0. The number of allylic oxidation sites excluding steroid dienone is 4. The third-order valence-electron chi connectivity index (χ3n) is 7.75. The number of piperidine rings is 1. The van der Waals surface area contributed by atoms with E-state index in [2.05, 4.69) is 41.1 Å². The minimum atomic E-state index is -0.351. The number of amides is 1. The van der Waals surface area contributed by atoms with Crippen LogP contribution in [0.25, 0.3) is 5.57 Å². The predicted octanol–water partition coefficient (Wildman–Crippen LogP) is 7.84. The van der Waals surface area contributed by atoms with E-state index in [0.29, 0.717) is 11.6 Å². The van der Waals surface area contributed by atoms with Crippen molar-refractivity contribution in [3.8, 4) is 0 Å². The first-order valence-electron chi connectivity index (χ1n) is 12.6. The van der Waals surface area contributed by atoms with Crippen LogP contribution < -0.4 is 5.32 Å². The number of nitrogens with one attached hydrogen (secondary N) is 1. The highest BCUT2D eigenvalue weighted by Gasteiger charge is 2.35. The number of likely N-dealkylation sites (tertiary alicyclic amines) is 1. The van der Waals surface area contributed by atoms with Gasteiger partial charge in [0.15, 0.2) is 0 Å². The Kier molecular flexibility index (Phi) is 7.90. The van der Waals surface area contributed by atoms with Gasteiger partial charge in [-0.1, -0.05) is 63.3 Å². The number of fused-ring (bicyclic) bond motifs is 1. The van der Waals surface area contributed by atoms with Gasteiger partial charge in [0.1, 0.15) is 5.82 Å². The van der Waals surface area contributed by atoms with Crippen LogP contribution in [-0.2, 0) is 0 Å². The lowest BCUT2D eigenvalue weighted by Crippen LogP contribution is -2.47. The Morgan fingerprint density at radius 3 is 2.57 bits per heavy atom. The third kappa shape index (κ3) is 5.42. The number of carbonyl (C=O) groups is 1. The van der Waals surface area contributed by atoms with E-state index in [0.717, 1.165) is 30.1 Å². The predicted molar refractivity (Wildman–Crippen MR) is 144 cm³/mol. The number of nitrogens with zero attached hydrogens (tertiary/aromatic N) is 1. The molecule has 3 unspecified atom stereocenters. The molecular formula is C31H37FN2O. The molecule has 1 aliphatic heterocycles. The summed E-state index contributed by atoms with van der Waals surface area (Å²) < 4.78 is 13.3. The first-order valence-corrected chi connectivity index (χ1v) is 12.6. The average molecular weight is 473 g/mol. The van der Waals surface area contributed by atoms with E-state index in [1.54, 1.807) is 0 Å². The Hall–Kier alpha value is -3.14. The number of hydrogen-bond acceptors (Lipinski definition) is 2. The van der Waals surface area contributed by atoms with Crippen molar-refractivity contribution in [2.45, 2.75) is 58.4 Å². The van der Waals surface area contributed by atoms with E-state index in [9.17, 15) is 9.18 Å². The van der Waals surface area contributed by atoms with Gasteiger partial charge >= 0.3 is 0 Å². The summed E-state index contributed by atoms with van der Waals surface area (Å²) in [5.74, 6) is 0.499. The van der Waals surface area contributed by atoms with Gasteiger partial charge < -0.3 is 10.2 Å². The molecule has 0 aromatic heterocycles. The number of rotatable bonds is 5. The van der Waals surface area contributed by atoms with Gasteiger partial charge in [-0.15, -0.1) is 0 Å². The molecule has 1 saturated heterocycles. The number of halogens is 1. The van der Waals surface area contributed by atoms with E-state index in [-0.39, 0.29) is 25.1 Å². The van der Waals surface area contributed by atoms with Gasteiger partial charge in [0.2, 0.25) is 0 Å². The minimum Gasteiger partial charge on any atom is -0.372 e. The highest BCUT2D eigenvalue weighted by atomic mass is 19.1. The maximum atomic E-state index is 13.3. The lowest BCUT2D eigenvalue weighted by Gasteiger charge is -2.47. The standard InChI is InChI=1S/C30H33FN2O.CH4/c1-21(33-19-7-11-22-8-2-5-14-29(22)33)24-9-6-10-25(20-24)27-12-3-4-13-28(27)32-30(34)23-15-17-26(31)18-16-23;/h3-4,6,9-10,12-13,15-18,22,24,29H,1-2,5,7-8,11,14,19-20H2,(H,32,34);1H4. The molecule has 0 bridgehead atoms. The van der Waals surface area contributed by atoms with Crippen LogP contribution in [0.2, 0.25) is 0 Å². The second-order valence-electron chi connectivity index (χ2n) is 9.83. The van der Waals surface area contributed by atoms with Crippen LogP contribution in [-0.4, -0.2) is 23.4 Å². The van der Waals surface area contributed by atoms with E-state index >= 15 is 0 Å². The number of carbonyl (C=O) groups excluding carboxylic acids is 1. The van der Waals surface area contributed by atoms with Crippen molar-refractivity contribution in [1.82, 2.24) is 4.90 Å². The second-order valence-corrected chi connectivity index (χ2v) is 9.83. The molecule has 2 fully saturated rings. The van der Waals surface area contributed by atoms with Gasteiger partial charge in [0.05, 0.1) is 0 Å². The van der Waals surface area contributed by atoms with Crippen LogP contribution in [0, 0.1) is 17.7 Å². The van der Waals surface area contributed by atoms with Crippen LogP contribution in [0.5, 0.6) is 0 Å². The summed E-state index contributed by atoms with van der Waals surface area (Å²) in [5.41, 5.74) is 4.67. The molecule has 184 valence electrons. The molecule has 1 amide bonds. The van der Waals surface area contributed by atoms with Crippen LogP contribution >= 0.6 is 0 Å². The van der Waals surface area contributed by atoms with Crippen molar-refractivity contribution in [3.63, 3.8) is 0 Å². The zero-order valence-corrected chi connectivity index (χ0v) is 19.7. The minimum absolute atomic E-state index is 0. The number of benzene rings is 2. The van der Waals surface area contributed by atoms with E-state index in [4.69, 9.17) is 0 Å². The van der Waals surface area contributed by atoms with Crippen molar-refractivity contribution in [2.24, 2.45) is 11.8 Å². The highest BCUT2D eigenvalue weighted by Crippen LogP contribution is 2.41. The number of hydrogen-bond donors (Lipinski definition) is 1. The van der Waals surface area contributed by atoms with Crippen molar-refractivity contribution in [2.75, 3.05) is 11.9 Å². The lowest BCUT2D eigenvalue weighted by atomic mass is 9.77. The van der Waals surface area contributed by atoms with Gasteiger partial charge in [-0.3, -0.25) is 4.79 Å². The molecule has 35 heavy (non-hydrogen) atoms. The summed E-state index contributed by atoms with van der Waals surface area (Å²) >= 11 is 0. The van der Waals surface area contributed by atoms with Gasteiger partial charge in [-0.2, -0.15) is 0 Å². The van der Waals surface area contributed by atoms with Crippen molar-refractivity contribution in [1.29, 1.82) is 0 Å². The van der Waals surface area contributed by atoms with Crippen LogP contribution in [0.1, 0.15) is 68.3 Å². The summed E-state index contributed by atoms with van der Waals surface area (Å²) in [5, 5.41) is 3.03. The Labute approximate surface area is 209 Å². The third-order valence-corrected chi connectivity index (χ3v) is 7.75. The van der Waals surface area contributed by atoms with E-state index < -0.39 is 0 Å². The molecular weight excluding hydrogens is 435 g/mol. The second kappa shape index (κ2) is 11.1. The maximum absolute atomic E-state index is 13.3. The molecule has 0 radical (unpaired) electrons. The van der Waals surface area contributed by atoms with Gasteiger partial charge in [-0.25, -0.2) is 4.39 Å². The molecule has 4 heteroatoms. The number of anilines is 1. The summed E-state index contributed by atoms with van der Waals surface area (Å²) in [6.07, 6.45) is 15.4. The molecule has 1 saturated carbocycles. The fourth-order valence-electron chi connectivity index (χ4n) is 5.97. The molecule has 3 nitrogen and oxygen atoms in total. The fourth-order valence-corrected chi connectivity index (χ4v) is 5.97. The largest absolute Gasteiger partial charge is 0.372 e. The van der Waals surface area contributed by atoms with Crippen LogP contribution in [0.3, 0.4) is 0 Å². The van der Waals surface area contributed by atoms with Crippen LogP contribution in [0.15, 0.2) is 79.0 Å². The molecule has 2 aromatic rings.